The summed E-state index contributed by atoms with van der Waals surface area (Å²) in [6.07, 6.45) is 0. The van der Waals surface area contributed by atoms with Crippen LogP contribution in [0.5, 0.6) is 0 Å². The van der Waals surface area contributed by atoms with Crippen molar-refractivity contribution in [2.24, 2.45) is 0 Å². The number of hydrogen-bond donors (Lipinski definition) is 0. The predicted molar refractivity (Wildman–Crippen MR) is 53.5 cm³/mol. The number of rotatable bonds is 3. The van der Waals surface area contributed by atoms with Gasteiger partial charge in [-0.05, 0) is 14.0 Å². The van der Waals surface area contributed by atoms with E-state index in [4.69, 9.17) is 0 Å². The molecule has 0 saturated carbocycles. The summed E-state index contributed by atoms with van der Waals surface area (Å²) in [5.74, 6) is -0.666. The van der Waals surface area contributed by atoms with Crippen molar-refractivity contribution in [3.63, 3.8) is 0 Å². The molecule has 5 nitrogen and oxygen atoms in total. The molecule has 6 heteroatoms. The molecule has 0 aromatic carbocycles. The highest BCUT2D eigenvalue weighted by Crippen LogP contribution is 2.06. The fourth-order valence-electron chi connectivity index (χ4n) is 1.41. The molecule has 1 heterocycles. The number of nitrogens with zero attached hydrogens (tertiary/aromatic N) is 2. The van der Waals surface area contributed by atoms with Crippen LogP contribution in [0.3, 0.4) is 0 Å². The summed E-state index contributed by atoms with van der Waals surface area (Å²) in [5.41, 5.74) is 0. The molecule has 1 aliphatic heterocycles. The van der Waals surface area contributed by atoms with Crippen LogP contribution in [0.1, 0.15) is 6.92 Å². The average Bonchev–Trinajstić information content (AvgIpc) is 2.02. The number of likely N-dealkylation sites (N-methyl/N-ethyl adjacent to an activating group) is 1. The summed E-state index contributed by atoms with van der Waals surface area (Å²) >= 11 is 0. The van der Waals surface area contributed by atoms with Crippen LogP contribution < -0.4 is 0 Å². The molecule has 14 heavy (non-hydrogen) atoms. The predicted octanol–water partition coefficient (Wildman–Crippen LogP) is -0.847. The van der Waals surface area contributed by atoms with Gasteiger partial charge in [-0.1, -0.05) is 0 Å². The fourth-order valence-corrected chi connectivity index (χ4v) is 2.83. The highest BCUT2D eigenvalue weighted by Gasteiger charge is 2.26. The number of piperazine rings is 1. The second kappa shape index (κ2) is 4.37. The largest absolute Gasteiger partial charge is 0.304 e. The molecule has 0 unspecified atom stereocenters. The average molecular weight is 220 g/mol. The lowest BCUT2D eigenvalue weighted by Gasteiger charge is -2.31. The first-order chi connectivity index (χ1) is 6.42. The van der Waals surface area contributed by atoms with Crippen molar-refractivity contribution >= 4 is 15.8 Å². The summed E-state index contributed by atoms with van der Waals surface area (Å²) in [4.78, 5) is 12.8. The van der Waals surface area contributed by atoms with Gasteiger partial charge in [-0.25, -0.2) is 8.42 Å². The molecular formula is C8H16N2O3S. The van der Waals surface area contributed by atoms with Gasteiger partial charge in [-0.2, -0.15) is 4.31 Å². The quantitative estimate of drug-likeness (QED) is 0.622. The SMILES string of the molecule is CC(=O)CS(=O)(=O)N1CCN(C)CC1. The zero-order valence-electron chi connectivity index (χ0n) is 8.56. The van der Waals surface area contributed by atoms with Crippen LogP contribution >= 0.6 is 0 Å². The lowest BCUT2D eigenvalue weighted by Crippen LogP contribution is -2.48. The van der Waals surface area contributed by atoms with Crippen molar-refractivity contribution in [1.82, 2.24) is 9.21 Å². The van der Waals surface area contributed by atoms with Crippen molar-refractivity contribution in [3.05, 3.63) is 0 Å². The molecule has 0 N–H and O–H groups in total. The van der Waals surface area contributed by atoms with Crippen LogP contribution in [0, 0.1) is 0 Å². The van der Waals surface area contributed by atoms with Crippen molar-refractivity contribution in [3.8, 4) is 0 Å². The van der Waals surface area contributed by atoms with Crippen molar-refractivity contribution in [1.29, 1.82) is 0 Å². The molecular weight excluding hydrogens is 204 g/mol. The van der Waals surface area contributed by atoms with E-state index in [9.17, 15) is 13.2 Å². The van der Waals surface area contributed by atoms with E-state index >= 15 is 0 Å². The molecule has 1 rings (SSSR count). The highest BCUT2D eigenvalue weighted by molar-refractivity contribution is 7.89. The molecule has 0 radical (unpaired) electrons. The summed E-state index contributed by atoms with van der Waals surface area (Å²) in [7, 11) is -1.40. The molecule has 0 spiro atoms. The third-order valence-electron chi connectivity index (χ3n) is 2.24. The first-order valence-electron chi connectivity index (χ1n) is 4.57. The summed E-state index contributed by atoms with van der Waals surface area (Å²) < 4.78 is 24.6. The van der Waals surface area contributed by atoms with Gasteiger partial charge in [0.05, 0.1) is 0 Å². The third-order valence-corrected chi connectivity index (χ3v) is 4.16. The van der Waals surface area contributed by atoms with E-state index < -0.39 is 10.0 Å². The van der Waals surface area contributed by atoms with Gasteiger partial charge in [0, 0.05) is 26.2 Å². The van der Waals surface area contributed by atoms with E-state index in [-0.39, 0.29) is 11.5 Å². The Hall–Kier alpha value is -0.460. The zero-order chi connectivity index (χ0) is 10.8. The molecule has 0 aromatic rings. The Morgan fingerprint density at radius 2 is 1.71 bits per heavy atom. The molecule has 82 valence electrons. The van der Waals surface area contributed by atoms with E-state index in [1.165, 1.54) is 11.2 Å². The molecule has 0 aromatic heterocycles. The fraction of sp³-hybridized carbons (Fsp3) is 0.875. The Bertz CT molecular complexity index is 305. The maximum atomic E-state index is 11.6. The lowest BCUT2D eigenvalue weighted by molar-refractivity contribution is -0.114. The molecule has 1 saturated heterocycles. The van der Waals surface area contributed by atoms with E-state index in [0.29, 0.717) is 13.1 Å². The number of ketones is 1. The number of Topliss-reactive ketones (excluding diaryl/α,β-unsaturated/α-hetero) is 1. The van der Waals surface area contributed by atoms with Gasteiger partial charge in [0.25, 0.3) is 0 Å². The minimum atomic E-state index is -3.35. The minimum absolute atomic E-state index is 0.302. The van der Waals surface area contributed by atoms with Gasteiger partial charge in [0.2, 0.25) is 10.0 Å². The maximum Gasteiger partial charge on any atom is 0.221 e. The molecule has 0 aliphatic carbocycles. The minimum Gasteiger partial charge on any atom is -0.304 e. The summed E-state index contributed by atoms with van der Waals surface area (Å²) in [6.45, 7) is 3.75. The monoisotopic (exact) mass is 220 g/mol. The normalized spacial score (nSPS) is 21.0. The van der Waals surface area contributed by atoms with E-state index in [2.05, 4.69) is 4.90 Å². The van der Waals surface area contributed by atoms with Gasteiger partial charge in [-0.15, -0.1) is 0 Å². The smallest absolute Gasteiger partial charge is 0.221 e. The van der Waals surface area contributed by atoms with Gasteiger partial charge in [0.15, 0.2) is 0 Å². The number of carbonyl (C=O) groups is 1. The lowest BCUT2D eigenvalue weighted by atomic mass is 10.4. The molecule has 0 bridgehead atoms. The Morgan fingerprint density at radius 3 is 2.14 bits per heavy atom. The third kappa shape index (κ3) is 3.04. The van der Waals surface area contributed by atoms with Crippen molar-refractivity contribution in [2.75, 3.05) is 39.0 Å². The van der Waals surface area contributed by atoms with Crippen molar-refractivity contribution in [2.45, 2.75) is 6.92 Å². The number of hydrogen-bond acceptors (Lipinski definition) is 4. The molecule has 0 atom stereocenters. The van der Waals surface area contributed by atoms with Gasteiger partial charge in [0.1, 0.15) is 11.5 Å². The van der Waals surface area contributed by atoms with Crippen molar-refractivity contribution < 1.29 is 13.2 Å². The van der Waals surface area contributed by atoms with Crippen LogP contribution in [-0.4, -0.2) is 62.4 Å². The topological polar surface area (TPSA) is 57.7 Å². The van der Waals surface area contributed by atoms with E-state index in [0.717, 1.165) is 13.1 Å². The van der Waals surface area contributed by atoms with Crippen LogP contribution in [0.15, 0.2) is 0 Å². The highest BCUT2D eigenvalue weighted by atomic mass is 32.2. The Labute approximate surface area is 84.7 Å². The Morgan fingerprint density at radius 1 is 1.21 bits per heavy atom. The van der Waals surface area contributed by atoms with Crippen LogP contribution in [0.4, 0.5) is 0 Å². The van der Waals surface area contributed by atoms with Crippen LogP contribution in [0.2, 0.25) is 0 Å². The molecule has 1 fully saturated rings. The second-order valence-corrected chi connectivity index (χ2v) is 5.63. The number of carbonyl (C=O) groups excluding carboxylic acids is 1. The zero-order valence-corrected chi connectivity index (χ0v) is 9.38. The van der Waals surface area contributed by atoms with Gasteiger partial charge >= 0.3 is 0 Å². The van der Waals surface area contributed by atoms with Gasteiger partial charge in [-0.3, -0.25) is 4.79 Å². The van der Waals surface area contributed by atoms with Crippen LogP contribution in [-0.2, 0) is 14.8 Å². The number of sulfonamides is 1. The van der Waals surface area contributed by atoms with Crippen LogP contribution in [0.25, 0.3) is 0 Å². The Balaban J connectivity index is 2.60. The second-order valence-electron chi connectivity index (χ2n) is 3.66. The first-order valence-corrected chi connectivity index (χ1v) is 6.18. The Kier molecular flexibility index (Phi) is 3.63. The summed E-state index contributed by atoms with van der Waals surface area (Å²) in [6, 6.07) is 0. The molecule has 1 aliphatic rings. The van der Waals surface area contributed by atoms with Gasteiger partial charge < -0.3 is 4.90 Å². The van der Waals surface area contributed by atoms with E-state index in [1.807, 2.05) is 7.05 Å². The standard InChI is InChI=1S/C8H16N2O3S/c1-8(11)7-14(12,13)10-5-3-9(2)4-6-10/h3-7H2,1-2H3. The summed E-state index contributed by atoms with van der Waals surface area (Å²) in [5, 5.41) is 0. The maximum absolute atomic E-state index is 11.6. The first kappa shape index (κ1) is 11.6. The van der Waals surface area contributed by atoms with E-state index in [1.54, 1.807) is 0 Å². The molecule has 0 amide bonds.